The third-order valence-corrected chi connectivity index (χ3v) is 5.91. The maximum Gasteiger partial charge on any atom is 0.0516 e. The fourth-order valence-corrected chi connectivity index (χ4v) is 4.55. The monoisotopic (exact) mass is 304 g/mol. The lowest BCUT2D eigenvalue weighted by Gasteiger charge is -2.46. The van der Waals surface area contributed by atoms with E-state index in [9.17, 15) is 0 Å². The molecule has 0 saturated carbocycles. The number of likely N-dealkylation sites (N-methyl/N-ethyl adjacent to an activating group) is 2. The van der Waals surface area contributed by atoms with E-state index < -0.39 is 0 Å². The van der Waals surface area contributed by atoms with Gasteiger partial charge in [-0.25, -0.2) is 0 Å². The van der Waals surface area contributed by atoms with Crippen molar-refractivity contribution in [3.8, 4) is 0 Å². The number of nitrogens with zero attached hydrogens (tertiary/aromatic N) is 1. The molecule has 0 amide bonds. The summed E-state index contributed by atoms with van der Waals surface area (Å²) >= 11 is 1.85. The summed E-state index contributed by atoms with van der Waals surface area (Å²) < 4.78 is 1.42. The first-order chi connectivity index (χ1) is 10.1. The molecule has 2 rings (SSSR count). The van der Waals surface area contributed by atoms with Crippen LogP contribution >= 0.6 is 11.3 Å². The molecule has 2 atom stereocenters. The van der Waals surface area contributed by atoms with Gasteiger partial charge in [0.15, 0.2) is 0 Å². The minimum Gasteiger partial charge on any atom is -0.311 e. The Morgan fingerprint density at radius 1 is 1.19 bits per heavy atom. The molecule has 1 aromatic carbocycles. The van der Waals surface area contributed by atoms with Crippen LogP contribution in [0.15, 0.2) is 29.6 Å². The zero-order chi connectivity index (χ0) is 15.5. The standard InChI is InChI=1S/C18H28N2S/c1-6-18(4,20(7-2)8-3)17(19-5)15-11-9-10-14-12-13-21-16(14)15/h9-13,17,19H,6-8H2,1-5H3. The average Bonchev–Trinajstić information content (AvgIpc) is 2.98. The SMILES string of the molecule is CCN(CC)C(C)(CC)C(NC)c1cccc2ccsc12. The van der Waals surface area contributed by atoms with Gasteiger partial charge in [0.25, 0.3) is 0 Å². The molecular weight excluding hydrogens is 276 g/mol. The van der Waals surface area contributed by atoms with Crippen LogP contribution in [0.2, 0.25) is 0 Å². The zero-order valence-corrected chi connectivity index (χ0v) is 14.8. The highest BCUT2D eigenvalue weighted by Crippen LogP contribution is 2.38. The maximum atomic E-state index is 3.61. The number of thiophene rings is 1. The molecule has 1 aromatic heterocycles. The minimum absolute atomic E-state index is 0.122. The van der Waals surface area contributed by atoms with Gasteiger partial charge >= 0.3 is 0 Å². The molecule has 0 spiro atoms. The average molecular weight is 305 g/mol. The van der Waals surface area contributed by atoms with Crippen LogP contribution in [0.4, 0.5) is 0 Å². The van der Waals surface area contributed by atoms with E-state index in [-0.39, 0.29) is 5.54 Å². The van der Waals surface area contributed by atoms with Crippen molar-refractivity contribution in [3.05, 3.63) is 35.2 Å². The number of benzene rings is 1. The first kappa shape index (κ1) is 16.5. The highest BCUT2D eigenvalue weighted by Gasteiger charge is 2.37. The normalized spacial score (nSPS) is 16.3. The van der Waals surface area contributed by atoms with Gasteiger partial charge in [0.2, 0.25) is 0 Å². The molecule has 0 aliphatic heterocycles. The molecule has 2 unspecified atom stereocenters. The molecule has 0 saturated heterocycles. The van der Waals surface area contributed by atoms with Gasteiger partial charge in [0.05, 0.1) is 6.04 Å². The van der Waals surface area contributed by atoms with Gasteiger partial charge in [-0.15, -0.1) is 11.3 Å². The fraction of sp³-hybridized carbons (Fsp3) is 0.556. The van der Waals surface area contributed by atoms with Gasteiger partial charge in [-0.3, -0.25) is 4.90 Å². The van der Waals surface area contributed by atoms with Gasteiger partial charge in [0, 0.05) is 10.2 Å². The van der Waals surface area contributed by atoms with Gasteiger partial charge in [0.1, 0.15) is 0 Å². The molecule has 2 nitrogen and oxygen atoms in total. The molecule has 3 heteroatoms. The van der Waals surface area contributed by atoms with Crippen LogP contribution in [0, 0.1) is 0 Å². The van der Waals surface area contributed by atoms with Crippen molar-refractivity contribution >= 4 is 21.4 Å². The summed E-state index contributed by atoms with van der Waals surface area (Å²) in [6.07, 6.45) is 1.13. The van der Waals surface area contributed by atoms with E-state index in [4.69, 9.17) is 0 Å². The fourth-order valence-electron chi connectivity index (χ4n) is 3.60. The Morgan fingerprint density at radius 2 is 1.90 bits per heavy atom. The molecule has 1 heterocycles. The van der Waals surface area contributed by atoms with E-state index in [2.05, 4.69) is 74.6 Å². The van der Waals surface area contributed by atoms with Crippen LogP contribution in [0.25, 0.3) is 10.1 Å². The van der Waals surface area contributed by atoms with E-state index in [1.165, 1.54) is 15.6 Å². The quantitative estimate of drug-likeness (QED) is 0.799. The van der Waals surface area contributed by atoms with Gasteiger partial charge in [-0.1, -0.05) is 39.0 Å². The first-order valence-corrected chi connectivity index (χ1v) is 8.88. The lowest BCUT2D eigenvalue weighted by molar-refractivity contribution is 0.0734. The maximum absolute atomic E-state index is 3.61. The van der Waals surface area contributed by atoms with Crippen LogP contribution in [-0.2, 0) is 0 Å². The second-order valence-electron chi connectivity index (χ2n) is 5.79. The van der Waals surface area contributed by atoms with E-state index >= 15 is 0 Å². The zero-order valence-electron chi connectivity index (χ0n) is 13.9. The highest BCUT2D eigenvalue weighted by atomic mass is 32.1. The van der Waals surface area contributed by atoms with Crippen molar-refractivity contribution in [2.24, 2.45) is 0 Å². The van der Waals surface area contributed by atoms with Crippen LogP contribution in [-0.4, -0.2) is 30.6 Å². The predicted molar refractivity (Wildman–Crippen MR) is 95.2 cm³/mol. The molecule has 1 N–H and O–H groups in total. The number of hydrogen-bond donors (Lipinski definition) is 1. The topological polar surface area (TPSA) is 15.3 Å². The number of fused-ring (bicyclic) bond motifs is 1. The first-order valence-electron chi connectivity index (χ1n) is 8.00. The highest BCUT2D eigenvalue weighted by molar-refractivity contribution is 7.17. The Balaban J connectivity index is 2.53. The Morgan fingerprint density at radius 3 is 2.48 bits per heavy atom. The summed E-state index contributed by atoms with van der Waals surface area (Å²) in [6, 6.07) is 9.24. The lowest BCUT2D eigenvalue weighted by Crippen LogP contribution is -2.53. The molecule has 0 fully saturated rings. The molecule has 0 radical (unpaired) electrons. The largest absolute Gasteiger partial charge is 0.311 e. The predicted octanol–water partition coefficient (Wildman–Crippen LogP) is 4.67. The summed E-state index contributed by atoms with van der Waals surface area (Å²) in [4.78, 5) is 2.58. The van der Waals surface area contributed by atoms with Crippen molar-refractivity contribution in [2.45, 2.75) is 45.7 Å². The second kappa shape index (κ2) is 6.91. The Labute approximate surface area is 133 Å². The van der Waals surface area contributed by atoms with Crippen molar-refractivity contribution in [1.82, 2.24) is 10.2 Å². The van der Waals surface area contributed by atoms with E-state index in [1.54, 1.807) is 0 Å². The summed E-state index contributed by atoms with van der Waals surface area (Å²) in [5.74, 6) is 0. The Kier molecular flexibility index (Phi) is 5.42. The van der Waals surface area contributed by atoms with Crippen molar-refractivity contribution in [1.29, 1.82) is 0 Å². The molecule has 0 aliphatic carbocycles. The lowest BCUT2D eigenvalue weighted by atomic mass is 9.82. The van der Waals surface area contributed by atoms with Crippen LogP contribution in [0.3, 0.4) is 0 Å². The number of rotatable bonds is 7. The Hall–Kier alpha value is -0.900. The van der Waals surface area contributed by atoms with Crippen molar-refractivity contribution in [2.75, 3.05) is 20.1 Å². The van der Waals surface area contributed by atoms with Gasteiger partial charge in [-0.05, 0) is 55.9 Å². The molecule has 116 valence electrons. The van der Waals surface area contributed by atoms with Crippen molar-refractivity contribution < 1.29 is 0 Å². The smallest absolute Gasteiger partial charge is 0.0516 e. The minimum atomic E-state index is 0.122. The molecule has 0 aliphatic rings. The van der Waals surface area contributed by atoms with E-state index in [1.807, 2.05) is 11.3 Å². The summed E-state index contributed by atoms with van der Waals surface area (Å²) in [6.45, 7) is 11.4. The molecule has 0 bridgehead atoms. The number of hydrogen-bond acceptors (Lipinski definition) is 3. The van der Waals surface area contributed by atoms with Gasteiger partial charge in [-0.2, -0.15) is 0 Å². The summed E-state index contributed by atoms with van der Waals surface area (Å²) in [5, 5.41) is 7.16. The summed E-state index contributed by atoms with van der Waals surface area (Å²) in [7, 11) is 2.09. The van der Waals surface area contributed by atoms with E-state index in [0.717, 1.165) is 19.5 Å². The second-order valence-corrected chi connectivity index (χ2v) is 6.71. The van der Waals surface area contributed by atoms with Gasteiger partial charge < -0.3 is 5.32 Å². The summed E-state index contributed by atoms with van der Waals surface area (Å²) in [5.41, 5.74) is 1.55. The van der Waals surface area contributed by atoms with Crippen LogP contribution in [0.1, 0.15) is 45.7 Å². The van der Waals surface area contributed by atoms with Crippen LogP contribution < -0.4 is 5.32 Å². The third-order valence-electron chi connectivity index (χ3n) is 4.93. The third kappa shape index (κ3) is 2.87. The van der Waals surface area contributed by atoms with Crippen molar-refractivity contribution in [3.63, 3.8) is 0 Å². The molecular formula is C18H28N2S. The van der Waals surface area contributed by atoms with Crippen LogP contribution in [0.5, 0.6) is 0 Å². The van der Waals surface area contributed by atoms with E-state index in [0.29, 0.717) is 6.04 Å². The number of nitrogens with one attached hydrogen (secondary N) is 1. The molecule has 21 heavy (non-hydrogen) atoms. The molecule has 2 aromatic rings. The Bertz CT molecular complexity index is 573.